The van der Waals surface area contributed by atoms with Gasteiger partial charge in [0.2, 0.25) is 0 Å². The van der Waals surface area contributed by atoms with Gasteiger partial charge >= 0.3 is 0 Å². The second-order valence-corrected chi connectivity index (χ2v) is 3.39. The monoisotopic (exact) mass is 173 g/mol. The molecule has 0 radical (unpaired) electrons. The molecule has 0 aliphatic rings. The second-order valence-electron chi connectivity index (χ2n) is 2.41. The summed E-state index contributed by atoms with van der Waals surface area (Å²) in [4.78, 5) is 0. The average Bonchev–Trinajstić information content (AvgIpc) is 2.03. The number of rotatable bonds is 6. The standard InChI is InChI=1S/C8H15NOS/c1-11-8-6-4-2-3-5-7-9-10/h2-6,8H2,1H3. The lowest BCUT2D eigenvalue weighted by Crippen LogP contribution is -1.79. The van der Waals surface area contributed by atoms with Gasteiger partial charge in [-0.3, -0.25) is 0 Å². The Morgan fingerprint density at radius 3 is 2.64 bits per heavy atom. The van der Waals surface area contributed by atoms with Gasteiger partial charge in [0.25, 0.3) is 6.07 Å². The molecule has 0 aromatic rings. The third kappa shape index (κ3) is 9.64. The Hall–Kier alpha value is -0.360. The molecule has 0 spiro atoms. The predicted octanol–water partition coefficient (Wildman–Crippen LogP) is 3.13. The first-order chi connectivity index (χ1) is 5.41. The van der Waals surface area contributed by atoms with E-state index < -0.39 is 0 Å². The summed E-state index contributed by atoms with van der Waals surface area (Å²) in [5.41, 5.74) is 0. The summed E-state index contributed by atoms with van der Waals surface area (Å²) >= 11 is 1.89. The molecule has 0 rings (SSSR count). The molecule has 0 fully saturated rings. The molecule has 0 aromatic heterocycles. The topological polar surface area (TPSA) is 27.4 Å². The van der Waals surface area contributed by atoms with Crippen molar-refractivity contribution in [2.75, 3.05) is 12.0 Å². The van der Waals surface area contributed by atoms with Gasteiger partial charge in [-0.05, 0) is 24.9 Å². The van der Waals surface area contributed by atoms with Crippen LogP contribution in [0.4, 0.5) is 0 Å². The van der Waals surface area contributed by atoms with Crippen LogP contribution in [0.15, 0.2) is 0 Å². The molecular formula is C8H15NOS. The molecule has 0 unspecified atom stereocenters. The largest absolute Gasteiger partial charge is 0.498 e. The van der Waals surface area contributed by atoms with Crippen molar-refractivity contribution in [3.63, 3.8) is 0 Å². The molecule has 0 aliphatic heterocycles. The van der Waals surface area contributed by atoms with E-state index >= 15 is 0 Å². The van der Waals surface area contributed by atoms with Gasteiger partial charge in [-0.15, -0.1) is 0 Å². The Labute approximate surface area is 72.8 Å². The number of hydrogen-bond donors (Lipinski definition) is 0. The maximum Gasteiger partial charge on any atom is 0.298 e. The van der Waals surface area contributed by atoms with E-state index in [1.807, 2.05) is 11.8 Å². The van der Waals surface area contributed by atoms with Crippen LogP contribution in [0.5, 0.6) is 0 Å². The zero-order valence-corrected chi connectivity index (χ0v) is 7.82. The van der Waals surface area contributed by atoms with Gasteiger partial charge in [0.1, 0.15) is 0 Å². The first kappa shape index (κ1) is 10.6. The van der Waals surface area contributed by atoms with E-state index in [0.29, 0.717) is 0 Å². The van der Waals surface area contributed by atoms with Crippen LogP contribution in [0, 0.1) is 11.3 Å². The van der Waals surface area contributed by atoms with E-state index in [-0.39, 0.29) is 0 Å². The molecule has 0 N–H and O–H groups in total. The Morgan fingerprint density at radius 1 is 1.27 bits per heavy atom. The van der Waals surface area contributed by atoms with E-state index in [9.17, 15) is 5.21 Å². The number of unbranched alkanes of at least 4 members (excludes halogenated alkanes) is 4. The summed E-state index contributed by atoms with van der Waals surface area (Å²) in [7, 11) is 0. The van der Waals surface area contributed by atoms with Crippen LogP contribution < -0.4 is 0 Å². The van der Waals surface area contributed by atoms with Gasteiger partial charge in [-0.25, -0.2) is 0 Å². The van der Waals surface area contributed by atoms with Gasteiger partial charge in [-0.1, -0.05) is 12.8 Å². The quantitative estimate of drug-likeness (QED) is 0.456. The van der Waals surface area contributed by atoms with Crippen molar-refractivity contribution in [3.8, 4) is 6.07 Å². The Morgan fingerprint density at radius 2 is 2.00 bits per heavy atom. The fourth-order valence-corrected chi connectivity index (χ4v) is 1.34. The van der Waals surface area contributed by atoms with Crippen LogP contribution in [0.1, 0.15) is 32.1 Å². The summed E-state index contributed by atoms with van der Waals surface area (Å²) < 4.78 is 0. The minimum atomic E-state index is 0.725. The predicted molar refractivity (Wildman–Crippen MR) is 52.1 cm³/mol. The third-order valence-corrected chi connectivity index (χ3v) is 2.15. The van der Waals surface area contributed by atoms with E-state index in [2.05, 4.69) is 17.3 Å². The fourth-order valence-electron chi connectivity index (χ4n) is 0.850. The summed E-state index contributed by atoms with van der Waals surface area (Å²) in [6.45, 7) is 0. The maximum absolute atomic E-state index is 9.58. The molecule has 0 saturated carbocycles. The van der Waals surface area contributed by atoms with Crippen molar-refractivity contribution in [1.29, 1.82) is 0 Å². The van der Waals surface area contributed by atoms with E-state index in [1.165, 1.54) is 25.0 Å². The molecule has 0 heterocycles. The van der Waals surface area contributed by atoms with Gasteiger partial charge in [-0.2, -0.15) is 11.8 Å². The molecule has 11 heavy (non-hydrogen) atoms. The van der Waals surface area contributed by atoms with E-state index in [1.54, 1.807) is 0 Å². The van der Waals surface area contributed by atoms with Crippen LogP contribution in [-0.2, 0) is 0 Å². The lowest BCUT2D eigenvalue weighted by Gasteiger charge is -1.94. The zero-order valence-electron chi connectivity index (χ0n) is 7.01. The maximum atomic E-state index is 9.58. The lowest BCUT2D eigenvalue weighted by molar-refractivity contribution is 0.683. The smallest absolute Gasteiger partial charge is 0.298 e. The lowest BCUT2D eigenvalue weighted by atomic mass is 10.2. The van der Waals surface area contributed by atoms with Crippen LogP contribution >= 0.6 is 11.8 Å². The summed E-state index contributed by atoms with van der Waals surface area (Å²) in [6.07, 6.45) is 7.65. The zero-order chi connectivity index (χ0) is 8.36. The molecular weight excluding hydrogens is 158 g/mol. The average molecular weight is 173 g/mol. The van der Waals surface area contributed by atoms with E-state index in [0.717, 1.165) is 12.8 Å². The highest BCUT2D eigenvalue weighted by Gasteiger charge is 1.90. The van der Waals surface area contributed by atoms with Gasteiger partial charge in [0.15, 0.2) is 0 Å². The van der Waals surface area contributed by atoms with Crippen LogP contribution in [-0.4, -0.2) is 12.0 Å². The number of nitrogens with zero attached hydrogens (tertiary/aromatic N) is 1. The summed E-state index contributed by atoms with van der Waals surface area (Å²) in [5, 5.41) is 12.1. The minimum absolute atomic E-state index is 0.725. The van der Waals surface area contributed by atoms with Crippen molar-refractivity contribution in [2.45, 2.75) is 32.1 Å². The van der Waals surface area contributed by atoms with Crippen LogP contribution in [0.2, 0.25) is 0 Å². The van der Waals surface area contributed by atoms with Crippen molar-refractivity contribution < 1.29 is 0 Å². The normalized spacial score (nSPS) is 8.82. The number of thioether (sulfide) groups is 1. The third-order valence-electron chi connectivity index (χ3n) is 1.45. The van der Waals surface area contributed by atoms with Crippen molar-refractivity contribution >= 4 is 11.8 Å². The molecule has 3 heteroatoms. The van der Waals surface area contributed by atoms with Crippen molar-refractivity contribution in [2.24, 2.45) is 0 Å². The first-order valence-corrected chi connectivity index (χ1v) is 5.35. The van der Waals surface area contributed by atoms with Gasteiger partial charge < -0.3 is 5.21 Å². The number of hydrogen-bond acceptors (Lipinski definition) is 2. The molecule has 0 amide bonds. The SMILES string of the molecule is CSCCCCCCC#[N+][O-]. The molecule has 0 aromatic carbocycles. The molecule has 0 atom stereocenters. The van der Waals surface area contributed by atoms with E-state index in [4.69, 9.17) is 0 Å². The fraction of sp³-hybridized carbons (Fsp3) is 0.875. The Bertz CT molecular complexity index is 128. The minimum Gasteiger partial charge on any atom is -0.498 e. The Balaban J connectivity index is 2.83. The molecule has 0 saturated heterocycles. The molecule has 0 bridgehead atoms. The summed E-state index contributed by atoms with van der Waals surface area (Å²) in [5.74, 6) is 1.25. The highest BCUT2D eigenvalue weighted by Crippen LogP contribution is 2.05. The summed E-state index contributed by atoms with van der Waals surface area (Å²) in [6, 6.07) is 2.40. The first-order valence-electron chi connectivity index (χ1n) is 3.96. The van der Waals surface area contributed by atoms with Crippen molar-refractivity contribution in [1.82, 2.24) is 0 Å². The second kappa shape index (κ2) is 9.64. The van der Waals surface area contributed by atoms with Crippen LogP contribution in [0.3, 0.4) is 0 Å². The molecule has 64 valence electrons. The Kier molecular flexibility index (Phi) is 9.32. The van der Waals surface area contributed by atoms with Gasteiger partial charge in [0.05, 0.1) is 6.42 Å². The highest BCUT2D eigenvalue weighted by molar-refractivity contribution is 7.98. The van der Waals surface area contributed by atoms with Crippen molar-refractivity contribution in [3.05, 3.63) is 10.2 Å². The van der Waals surface area contributed by atoms with Gasteiger partial charge in [0, 0.05) is 5.01 Å². The molecule has 2 nitrogen and oxygen atoms in total. The highest BCUT2D eigenvalue weighted by atomic mass is 32.2. The molecule has 0 aliphatic carbocycles. The van der Waals surface area contributed by atoms with Crippen LogP contribution in [0.25, 0.3) is 5.01 Å².